The van der Waals surface area contributed by atoms with E-state index in [0.717, 1.165) is 4.57 Å². The molecule has 0 fully saturated rings. The summed E-state index contributed by atoms with van der Waals surface area (Å²) in [6.45, 7) is 3.52. The van der Waals surface area contributed by atoms with Crippen LogP contribution in [0.5, 0.6) is 0 Å². The van der Waals surface area contributed by atoms with Gasteiger partial charge >= 0.3 is 11.9 Å². The largest absolute Gasteiger partial charge is 0.431 e. The predicted octanol–water partition coefficient (Wildman–Crippen LogP) is 1.92. The molecule has 0 spiro atoms. The Morgan fingerprint density at radius 2 is 1.82 bits per heavy atom. The summed E-state index contributed by atoms with van der Waals surface area (Å²) >= 11 is 0. The lowest BCUT2D eigenvalue weighted by molar-refractivity contribution is -0.141. The van der Waals surface area contributed by atoms with Crippen LogP contribution >= 0.6 is 0 Å². The van der Waals surface area contributed by atoms with Gasteiger partial charge in [-0.05, 0) is 12.8 Å². The van der Waals surface area contributed by atoms with Gasteiger partial charge in [-0.3, -0.25) is 9.36 Å². The van der Waals surface area contributed by atoms with Crippen LogP contribution in [0.15, 0.2) is 15.7 Å². The lowest BCUT2D eigenvalue weighted by atomic mass is 10.1. The number of H-pyrrole nitrogens is 1. The minimum absolute atomic E-state index is 0.381. The Labute approximate surface area is 95.1 Å². The molecular formula is C10H13F3N2O2. The maximum atomic E-state index is 12.3. The smallest absolute Gasteiger partial charge is 0.303 e. The molecule has 0 atom stereocenters. The SMILES string of the molecule is CCC(CC)n1c(=O)cc(C(F)(F)F)[nH]c1=O. The Morgan fingerprint density at radius 3 is 2.18 bits per heavy atom. The third-order valence-corrected chi connectivity index (χ3v) is 2.58. The molecule has 0 unspecified atom stereocenters. The Hall–Kier alpha value is -1.53. The third-order valence-electron chi connectivity index (χ3n) is 2.58. The lowest BCUT2D eigenvalue weighted by Crippen LogP contribution is -2.39. The zero-order valence-corrected chi connectivity index (χ0v) is 9.47. The molecule has 1 aromatic heterocycles. The minimum atomic E-state index is -4.72. The molecule has 0 aliphatic heterocycles. The summed E-state index contributed by atoms with van der Waals surface area (Å²) in [4.78, 5) is 24.7. The molecule has 7 heteroatoms. The molecule has 1 rings (SSSR count). The van der Waals surface area contributed by atoms with E-state index in [1.807, 2.05) is 0 Å². The van der Waals surface area contributed by atoms with E-state index in [0.29, 0.717) is 18.9 Å². The van der Waals surface area contributed by atoms with Crippen LogP contribution in [0, 0.1) is 0 Å². The van der Waals surface area contributed by atoms with Gasteiger partial charge in [0.05, 0.1) is 0 Å². The Bertz CT molecular complexity index is 466. The van der Waals surface area contributed by atoms with Crippen molar-refractivity contribution in [3.63, 3.8) is 0 Å². The zero-order valence-electron chi connectivity index (χ0n) is 9.47. The van der Waals surface area contributed by atoms with E-state index in [9.17, 15) is 22.8 Å². The predicted molar refractivity (Wildman–Crippen MR) is 55.9 cm³/mol. The van der Waals surface area contributed by atoms with Crippen LogP contribution in [0.1, 0.15) is 38.4 Å². The number of hydrogen-bond acceptors (Lipinski definition) is 2. The van der Waals surface area contributed by atoms with E-state index >= 15 is 0 Å². The quantitative estimate of drug-likeness (QED) is 0.891. The van der Waals surface area contributed by atoms with Gasteiger partial charge in [-0.25, -0.2) is 4.79 Å². The highest BCUT2D eigenvalue weighted by atomic mass is 19.4. The van der Waals surface area contributed by atoms with Crippen LogP contribution in [-0.4, -0.2) is 9.55 Å². The van der Waals surface area contributed by atoms with Crippen molar-refractivity contribution < 1.29 is 13.2 Å². The van der Waals surface area contributed by atoms with Crippen molar-refractivity contribution in [3.05, 3.63) is 32.6 Å². The number of nitrogens with zero attached hydrogens (tertiary/aromatic N) is 1. The number of rotatable bonds is 3. The molecule has 0 aliphatic rings. The fraction of sp³-hybridized carbons (Fsp3) is 0.600. The number of hydrogen-bond donors (Lipinski definition) is 1. The van der Waals surface area contributed by atoms with Crippen molar-refractivity contribution in [1.29, 1.82) is 0 Å². The van der Waals surface area contributed by atoms with Crippen LogP contribution in [0.3, 0.4) is 0 Å². The molecule has 0 bridgehead atoms. The first kappa shape index (κ1) is 13.5. The van der Waals surface area contributed by atoms with Crippen molar-refractivity contribution in [2.75, 3.05) is 0 Å². The van der Waals surface area contributed by atoms with Crippen molar-refractivity contribution in [2.24, 2.45) is 0 Å². The monoisotopic (exact) mass is 250 g/mol. The summed E-state index contributed by atoms with van der Waals surface area (Å²) < 4.78 is 37.8. The highest BCUT2D eigenvalue weighted by Gasteiger charge is 2.33. The average Bonchev–Trinajstić information content (AvgIpc) is 2.21. The first-order valence-electron chi connectivity index (χ1n) is 5.24. The first-order valence-corrected chi connectivity index (χ1v) is 5.24. The first-order chi connectivity index (χ1) is 7.81. The van der Waals surface area contributed by atoms with Gasteiger partial charge in [0, 0.05) is 12.1 Å². The second-order valence-corrected chi connectivity index (χ2v) is 3.66. The second-order valence-electron chi connectivity index (χ2n) is 3.66. The average molecular weight is 250 g/mol. The number of nitrogens with one attached hydrogen (secondary N) is 1. The summed E-state index contributed by atoms with van der Waals surface area (Å²) in [6.07, 6.45) is -3.71. The summed E-state index contributed by atoms with van der Waals surface area (Å²) in [5.74, 6) is 0. The summed E-state index contributed by atoms with van der Waals surface area (Å²) in [5.41, 5.74) is -3.25. The van der Waals surface area contributed by atoms with Gasteiger partial charge < -0.3 is 4.98 Å². The molecule has 0 radical (unpaired) electrons. The Kier molecular flexibility index (Phi) is 3.79. The standard InChI is InChI=1S/C10H13F3N2O2/c1-3-6(4-2)15-8(16)5-7(10(11,12)13)14-9(15)17/h5-6H,3-4H2,1-2H3,(H,14,17). The molecule has 0 aliphatic carbocycles. The molecule has 0 saturated heterocycles. The number of alkyl halides is 3. The van der Waals surface area contributed by atoms with E-state index in [1.165, 1.54) is 0 Å². The van der Waals surface area contributed by atoms with Crippen LogP contribution in [0.4, 0.5) is 13.2 Å². The van der Waals surface area contributed by atoms with E-state index in [4.69, 9.17) is 0 Å². The minimum Gasteiger partial charge on any atom is -0.303 e. The third kappa shape index (κ3) is 2.78. The molecule has 4 nitrogen and oxygen atoms in total. The zero-order chi connectivity index (χ0) is 13.2. The van der Waals surface area contributed by atoms with Gasteiger partial charge in [0.15, 0.2) is 0 Å². The number of aromatic amines is 1. The molecule has 0 aromatic carbocycles. The summed E-state index contributed by atoms with van der Waals surface area (Å²) in [7, 11) is 0. The maximum Gasteiger partial charge on any atom is 0.431 e. The molecule has 1 N–H and O–H groups in total. The molecule has 1 heterocycles. The number of aromatic nitrogens is 2. The van der Waals surface area contributed by atoms with Gasteiger partial charge in [0.2, 0.25) is 0 Å². The highest BCUT2D eigenvalue weighted by Crippen LogP contribution is 2.25. The van der Waals surface area contributed by atoms with Gasteiger partial charge in [-0.15, -0.1) is 0 Å². The van der Waals surface area contributed by atoms with Crippen LogP contribution in [0.25, 0.3) is 0 Å². The van der Waals surface area contributed by atoms with Gasteiger partial charge in [0.25, 0.3) is 5.56 Å². The van der Waals surface area contributed by atoms with Crippen molar-refractivity contribution in [3.8, 4) is 0 Å². The van der Waals surface area contributed by atoms with E-state index in [1.54, 1.807) is 18.8 Å². The highest BCUT2D eigenvalue weighted by molar-refractivity contribution is 5.04. The van der Waals surface area contributed by atoms with Gasteiger partial charge in [-0.1, -0.05) is 13.8 Å². The van der Waals surface area contributed by atoms with Gasteiger partial charge in [0.1, 0.15) is 5.69 Å². The Balaban J connectivity index is 3.40. The van der Waals surface area contributed by atoms with E-state index in [-0.39, 0.29) is 6.04 Å². The summed E-state index contributed by atoms with van der Waals surface area (Å²) in [6, 6.07) is 0.0354. The molecule has 0 saturated carbocycles. The molecule has 1 aromatic rings. The normalized spacial score (nSPS) is 12.1. The van der Waals surface area contributed by atoms with Crippen molar-refractivity contribution in [2.45, 2.75) is 38.9 Å². The van der Waals surface area contributed by atoms with Gasteiger partial charge in [-0.2, -0.15) is 13.2 Å². The molecule has 17 heavy (non-hydrogen) atoms. The maximum absolute atomic E-state index is 12.3. The second kappa shape index (κ2) is 4.77. The molecule has 96 valence electrons. The fourth-order valence-corrected chi connectivity index (χ4v) is 1.66. The van der Waals surface area contributed by atoms with Crippen LogP contribution in [0.2, 0.25) is 0 Å². The van der Waals surface area contributed by atoms with Crippen molar-refractivity contribution in [1.82, 2.24) is 9.55 Å². The van der Waals surface area contributed by atoms with E-state index in [2.05, 4.69) is 0 Å². The van der Waals surface area contributed by atoms with Crippen LogP contribution < -0.4 is 11.2 Å². The molecule has 0 amide bonds. The summed E-state index contributed by atoms with van der Waals surface area (Å²) in [5, 5.41) is 0. The lowest BCUT2D eigenvalue weighted by Gasteiger charge is -2.15. The van der Waals surface area contributed by atoms with Crippen LogP contribution in [-0.2, 0) is 6.18 Å². The Morgan fingerprint density at radius 1 is 1.29 bits per heavy atom. The number of halogens is 3. The van der Waals surface area contributed by atoms with E-state index < -0.39 is 23.1 Å². The molecular weight excluding hydrogens is 237 g/mol. The fourth-order valence-electron chi connectivity index (χ4n) is 1.66. The van der Waals surface area contributed by atoms with Crippen molar-refractivity contribution >= 4 is 0 Å². The topological polar surface area (TPSA) is 54.9 Å².